The van der Waals surface area contributed by atoms with Gasteiger partial charge in [-0.15, -0.1) is 0 Å². The number of carbonyl (C=O) groups is 2. The quantitative estimate of drug-likeness (QED) is 0.570. The number of amides is 1. The zero-order valence-corrected chi connectivity index (χ0v) is 12.7. The maximum absolute atomic E-state index is 14.6. The van der Waals surface area contributed by atoms with Gasteiger partial charge in [-0.05, 0) is 20.8 Å². The number of alkyl halides is 2. The highest BCUT2D eigenvalue weighted by Crippen LogP contribution is 2.51. The van der Waals surface area contributed by atoms with Crippen LogP contribution >= 0.6 is 0 Å². The van der Waals surface area contributed by atoms with E-state index in [1.165, 1.54) is 17.9 Å². The van der Waals surface area contributed by atoms with E-state index in [0.29, 0.717) is 0 Å². The maximum atomic E-state index is 14.6. The number of esters is 1. The molecule has 0 N–H and O–H groups in total. The number of halogens is 2. The molecule has 1 saturated heterocycles. The van der Waals surface area contributed by atoms with Crippen LogP contribution in [0.3, 0.4) is 0 Å². The monoisotopic (exact) mass is 319 g/mol. The Balaban J connectivity index is 2.38. The number of rotatable bonds is 5. The van der Waals surface area contributed by atoms with Gasteiger partial charge in [-0.1, -0.05) is 12.2 Å². The molecule has 0 radical (unpaired) electrons. The zero-order valence-electron chi connectivity index (χ0n) is 12.7. The third-order valence-electron chi connectivity index (χ3n) is 3.86. The van der Waals surface area contributed by atoms with Crippen LogP contribution in [0.5, 0.6) is 0 Å². The summed E-state index contributed by atoms with van der Waals surface area (Å²) in [5.41, 5.74) is -2.78. The molecule has 8 heteroatoms. The number of hydrogen-bond donors (Lipinski definition) is 0. The molecule has 0 aromatic carbocycles. The van der Waals surface area contributed by atoms with Crippen LogP contribution in [-0.4, -0.2) is 60.4 Å². The van der Waals surface area contributed by atoms with Gasteiger partial charge in [-0.25, -0.2) is 9.59 Å². The van der Waals surface area contributed by atoms with Crippen LogP contribution in [-0.2, 0) is 19.0 Å². The molecule has 0 aromatic heterocycles. The van der Waals surface area contributed by atoms with Crippen molar-refractivity contribution in [3.63, 3.8) is 0 Å². The fourth-order valence-electron chi connectivity index (χ4n) is 2.63. The minimum atomic E-state index is -3.69. The van der Waals surface area contributed by atoms with Crippen molar-refractivity contribution in [3.05, 3.63) is 12.2 Å². The molecule has 6 nitrogen and oxygen atoms in total. The first-order valence-corrected chi connectivity index (χ1v) is 7.21. The largest absolute Gasteiger partial charge is 0.463 e. The lowest BCUT2D eigenvalue weighted by molar-refractivity contribution is -0.205. The first-order valence-electron chi connectivity index (χ1n) is 7.21. The van der Waals surface area contributed by atoms with Crippen LogP contribution in [0.1, 0.15) is 20.8 Å². The van der Waals surface area contributed by atoms with Crippen molar-refractivity contribution in [3.8, 4) is 0 Å². The highest BCUT2D eigenvalue weighted by atomic mass is 19.3. The highest BCUT2D eigenvalue weighted by Gasteiger charge is 2.78. The lowest BCUT2D eigenvalue weighted by Gasteiger charge is -2.36. The summed E-state index contributed by atoms with van der Waals surface area (Å²) in [4.78, 5) is 25.5. The van der Waals surface area contributed by atoms with E-state index < -0.39 is 35.8 Å². The Morgan fingerprint density at radius 2 is 1.77 bits per heavy atom. The highest BCUT2D eigenvalue weighted by molar-refractivity contribution is 5.87. The number of ether oxygens (including phenoxy) is 3. The molecule has 2 heterocycles. The van der Waals surface area contributed by atoms with Crippen LogP contribution in [0.4, 0.5) is 13.6 Å². The van der Waals surface area contributed by atoms with Gasteiger partial charge in [0, 0.05) is 13.1 Å². The SMILES string of the molecule is CCOC(=O)[C@@]1(OC(=O)N(CC)CC)[C@@H]2C=C[C@@H](O2)C1(F)F. The number of carbonyl (C=O) groups excluding carboxylic acids is 2. The summed E-state index contributed by atoms with van der Waals surface area (Å²) < 4.78 is 44.0. The molecule has 0 aliphatic carbocycles. The molecule has 2 bridgehead atoms. The first-order chi connectivity index (χ1) is 10.3. The molecular formula is C14H19F2NO5. The summed E-state index contributed by atoms with van der Waals surface area (Å²) in [7, 11) is 0. The second kappa shape index (κ2) is 5.83. The Labute approximate surface area is 127 Å². The Hall–Kier alpha value is -1.70. The topological polar surface area (TPSA) is 65.1 Å². The fourth-order valence-corrected chi connectivity index (χ4v) is 2.63. The normalized spacial score (nSPS) is 31.1. The second-order valence-electron chi connectivity index (χ2n) is 4.98. The Morgan fingerprint density at radius 1 is 1.18 bits per heavy atom. The van der Waals surface area contributed by atoms with Crippen molar-refractivity contribution in [2.45, 2.75) is 44.5 Å². The molecule has 0 spiro atoms. The van der Waals surface area contributed by atoms with Gasteiger partial charge in [0.05, 0.1) is 6.61 Å². The van der Waals surface area contributed by atoms with Gasteiger partial charge in [0.1, 0.15) is 12.2 Å². The minimum Gasteiger partial charge on any atom is -0.463 e. The van der Waals surface area contributed by atoms with E-state index in [-0.39, 0.29) is 19.7 Å². The van der Waals surface area contributed by atoms with E-state index in [9.17, 15) is 18.4 Å². The molecule has 22 heavy (non-hydrogen) atoms. The van der Waals surface area contributed by atoms with Crippen LogP contribution in [0.15, 0.2) is 12.2 Å². The molecule has 0 saturated carbocycles. The van der Waals surface area contributed by atoms with Gasteiger partial charge >= 0.3 is 23.6 Å². The Bertz CT molecular complexity index is 492. The van der Waals surface area contributed by atoms with Crippen molar-refractivity contribution in [2.24, 2.45) is 0 Å². The van der Waals surface area contributed by atoms with E-state index in [2.05, 4.69) is 0 Å². The van der Waals surface area contributed by atoms with Gasteiger partial charge in [0.15, 0.2) is 0 Å². The average Bonchev–Trinajstić information content (AvgIpc) is 3.02. The van der Waals surface area contributed by atoms with E-state index in [4.69, 9.17) is 14.2 Å². The van der Waals surface area contributed by atoms with Crippen LogP contribution < -0.4 is 0 Å². The third-order valence-corrected chi connectivity index (χ3v) is 3.86. The summed E-state index contributed by atoms with van der Waals surface area (Å²) in [6, 6.07) is 0. The molecule has 2 rings (SSSR count). The van der Waals surface area contributed by atoms with E-state index in [1.807, 2.05) is 0 Å². The zero-order chi connectivity index (χ0) is 16.5. The number of fused-ring (bicyclic) bond motifs is 2. The summed E-state index contributed by atoms with van der Waals surface area (Å²) >= 11 is 0. The Morgan fingerprint density at radius 3 is 2.23 bits per heavy atom. The summed E-state index contributed by atoms with van der Waals surface area (Å²) in [5, 5.41) is 0. The molecule has 2 aliphatic rings. The first kappa shape index (κ1) is 16.7. The van der Waals surface area contributed by atoms with Crippen molar-refractivity contribution < 1.29 is 32.6 Å². The molecular weight excluding hydrogens is 300 g/mol. The predicted octanol–water partition coefficient (Wildman–Crippen LogP) is 1.74. The lowest BCUT2D eigenvalue weighted by Crippen LogP contribution is -2.64. The average molecular weight is 319 g/mol. The van der Waals surface area contributed by atoms with Gasteiger partial charge in [0.2, 0.25) is 0 Å². The molecule has 1 amide bonds. The predicted molar refractivity (Wildman–Crippen MR) is 71.5 cm³/mol. The molecule has 3 atom stereocenters. The number of nitrogens with zero attached hydrogens (tertiary/aromatic N) is 1. The van der Waals surface area contributed by atoms with E-state index in [0.717, 1.165) is 6.08 Å². The molecule has 0 unspecified atom stereocenters. The molecule has 2 aliphatic heterocycles. The second-order valence-corrected chi connectivity index (χ2v) is 4.98. The smallest absolute Gasteiger partial charge is 0.411 e. The standard InChI is InChI=1S/C14H19F2NO5/c1-4-17(5-2)12(19)22-13(11(18)20-6-3)9-7-8-10(21-9)14(13,15)16/h7-10H,4-6H2,1-3H3/t9-,10+,13-/m0/s1. The van der Waals surface area contributed by atoms with Crippen LogP contribution in [0.25, 0.3) is 0 Å². The van der Waals surface area contributed by atoms with Crippen molar-refractivity contribution in [1.29, 1.82) is 0 Å². The van der Waals surface area contributed by atoms with Gasteiger partial charge in [0.25, 0.3) is 0 Å². The third kappa shape index (κ3) is 2.16. The molecule has 0 aromatic rings. The van der Waals surface area contributed by atoms with Crippen LogP contribution in [0.2, 0.25) is 0 Å². The van der Waals surface area contributed by atoms with E-state index in [1.54, 1.807) is 13.8 Å². The molecule has 124 valence electrons. The summed E-state index contributed by atoms with van der Waals surface area (Å²) in [6.07, 6.45) is -1.50. The minimum absolute atomic E-state index is 0.111. The Kier molecular flexibility index (Phi) is 4.42. The number of hydrogen-bond acceptors (Lipinski definition) is 5. The van der Waals surface area contributed by atoms with Crippen molar-refractivity contribution in [2.75, 3.05) is 19.7 Å². The van der Waals surface area contributed by atoms with Crippen molar-refractivity contribution >= 4 is 12.1 Å². The lowest BCUT2D eigenvalue weighted by atomic mass is 9.85. The van der Waals surface area contributed by atoms with E-state index >= 15 is 0 Å². The van der Waals surface area contributed by atoms with Gasteiger partial charge < -0.3 is 19.1 Å². The van der Waals surface area contributed by atoms with Gasteiger partial charge in [-0.3, -0.25) is 0 Å². The van der Waals surface area contributed by atoms with Crippen molar-refractivity contribution in [1.82, 2.24) is 4.90 Å². The summed E-state index contributed by atoms with van der Waals surface area (Å²) in [6.45, 7) is 5.27. The summed E-state index contributed by atoms with van der Waals surface area (Å²) in [5.74, 6) is -4.99. The van der Waals surface area contributed by atoms with Gasteiger partial charge in [-0.2, -0.15) is 8.78 Å². The van der Waals surface area contributed by atoms with Crippen LogP contribution in [0, 0.1) is 0 Å². The molecule has 1 fully saturated rings. The maximum Gasteiger partial charge on any atom is 0.411 e. The fraction of sp³-hybridized carbons (Fsp3) is 0.714.